The van der Waals surface area contributed by atoms with E-state index in [2.05, 4.69) is 26.0 Å². The summed E-state index contributed by atoms with van der Waals surface area (Å²) in [5.74, 6) is 3.71. The summed E-state index contributed by atoms with van der Waals surface area (Å²) in [5.41, 5.74) is 2.38. The van der Waals surface area contributed by atoms with Gasteiger partial charge in [-0.3, -0.25) is 0 Å². The molecule has 0 aliphatic heterocycles. The summed E-state index contributed by atoms with van der Waals surface area (Å²) in [6, 6.07) is 23.7. The van der Waals surface area contributed by atoms with Crippen molar-refractivity contribution in [1.29, 1.82) is 0 Å². The zero-order valence-electron chi connectivity index (χ0n) is 15.4. The van der Waals surface area contributed by atoms with Crippen LogP contribution < -0.4 is 14.2 Å². The summed E-state index contributed by atoms with van der Waals surface area (Å²) in [6.45, 7) is 4.86. The second-order valence-electron chi connectivity index (χ2n) is 6.44. The van der Waals surface area contributed by atoms with Gasteiger partial charge in [0.05, 0.1) is 7.11 Å². The molecule has 26 heavy (non-hydrogen) atoms. The zero-order chi connectivity index (χ0) is 18.4. The first-order chi connectivity index (χ1) is 12.6. The van der Waals surface area contributed by atoms with Gasteiger partial charge in [0.1, 0.15) is 29.6 Å². The SMILES string of the molecule is COc1ccc(COc2cccc(Oc3ccc(C(C)C)cc3)c2)cc1. The molecule has 0 heterocycles. The van der Waals surface area contributed by atoms with E-state index in [-0.39, 0.29) is 0 Å². The number of rotatable bonds is 7. The minimum atomic E-state index is 0.497. The Labute approximate surface area is 155 Å². The van der Waals surface area contributed by atoms with Crippen molar-refractivity contribution in [1.82, 2.24) is 0 Å². The van der Waals surface area contributed by atoms with Gasteiger partial charge < -0.3 is 14.2 Å². The number of hydrogen-bond donors (Lipinski definition) is 0. The van der Waals surface area contributed by atoms with Crippen LogP contribution in [0.3, 0.4) is 0 Å². The van der Waals surface area contributed by atoms with E-state index in [9.17, 15) is 0 Å². The molecule has 0 amide bonds. The first-order valence-electron chi connectivity index (χ1n) is 8.77. The molecular weight excluding hydrogens is 324 g/mol. The van der Waals surface area contributed by atoms with E-state index in [0.29, 0.717) is 12.5 Å². The second-order valence-corrected chi connectivity index (χ2v) is 6.44. The maximum Gasteiger partial charge on any atom is 0.131 e. The van der Waals surface area contributed by atoms with Gasteiger partial charge in [0.2, 0.25) is 0 Å². The normalized spacial score (nSPS) is 10.6. The van der Waals surface area contributed by atoms with E-state index >= 15 is 0 Å². The predicted molar refractivity (Wildman–Crippen MR) is 104 cm³/mol. The van der Waals surface area contributed by atoms with E-state index < -0.39 is 0 Å². The van der Waals surface area contributed by atoms with E-state index in [1.165, 1.54) is 5.56 Å². The van der Waals surface area contributed by atoms with E-state index in [4.69, 9.17) is 14.2 Å². The highest BCUT2D eigenvalue weighted by atomic mass is 16.5. The maximum absolute atomic E-state index is 5.94. The molecule has 3 rings (SSSR count). The van der Waals surface area contributed by atoms with Crippen LogP contribution in [-0.2, 0) is 6.61 Å². The van der Waals surface area contributed by atoms with Crippen molar-refractivity contribution < 1.29 is 14.2 Å². The molecule has 0 unspecified atom stereocenters. The van der Waals surface area contributed by atoms with Crippen LogP contribution in [0.5, 0.6) is 23.0 Å². The third-order valence-corrected chi connectivity index (χ3v) is 4.15. The molecule has 3 heteroatoms. The van der Waals surface area contributed by atoms with Crippen molar-refractivity contribution in [3.8, 4) is 23.0 Å². The van der Waals surface area contributed by atoms with Crippen LogP contribution in [-0.4, -0.2) is 7.11 Å². The first kappa shape index (κ1) is 17.9. The maximum atomic E-state index is 5.94. The van der Waals surface area contributed by atoms with Crippen molar-refractivity contribution in [3.63, 3.8) is 0 Å². The molecular formula is C23H24O3. The number of methoxy groups -OCH3 is 1. The van der Waals surface area contributed by atoms with Gasteiger partial charge in [0.25, 0.3) is 0 Å². The van der Waals surface area contributed by atoms with Gasteiger partial charge in [-0.15, -0.1) is 0 Å². The van der Waals surface area contributed by atoms with Crippen LogP contribution in [0.15, 0.2) is 72.8 Å². The summed E-state index contributed by atoms with van der Waals surface area (Å²) in [4.78, 5) is 0. The highest BCUT2D eigenvalue weighted by Gasteiger charge is 2.03. The van der Waals surface area contributed by atoms with E-state index in [1.54, 1.807) is 7.11 Å². The summed E-state index contributed by atoms with van der Waals surface area (Å²) < 4.78 is 17.0. The average molecular weight is 348 g/mol. The molecule has 0 atom stereocenters. The van der Waals surface area contributed by atoms with Crippen molar-refractivity contribution in [2.24, 2.45) is 0 Å². The third kappa shape index (κ3) is 4.79. The molecule has 0 spiro atoms. The lowest BCUT2D eigenvalue weighted by atomic mass is 10.0. The largest absolute Gasteiger partial charge is 0.497 e. The minimum absolute atomic E-state index is 0.497. The fourth-order valence-corrected chi connectivity index (χ4v) is 2.57. The van der Waals surface area contributed by atoms with Crippen LogP contribution in [0.1, 0.15) is 30.9 Å². The van der Waals surface area contributed by atoms with Gasteiger partial charge in [-0.05, 0) is 53.4 Å². The summed E-state index contributed by atoms with van der Waals surface area (Å²) in [5, 5.41) is 0. The van der Waals surface area contributed by atoms with Gasteiger partial charge in [0.15, 0.2) is 0 Å². The van der Waals surface area contributed by atoms with Crippen molar-refractivity contribution in [3.05, 3.63) is 83.9 Å². The van der Waals surface area contributed by atoms with Gasteiger partial charge in [-0.25, -0.2) is 0 Å². The summed E-state index contributed by atoms with van der Waals surface area (Å²) in [6.07, 6.45) is 0. The van der Waals surface area contributed by atoms with Gasteiger partial charge >= 0.3 is 0 Å². The molecule has 0 N–H and O–H groups in total. The van der Waals surface area contributed by atoms with E-state index in [0.717, 1.165) is 28.6 Å². The number of ether oxygens (including phenoxy) is 3. The van der Waals surface area contributed by atoms with Crippen LogP contribution in [0.2, 0.25) is 0 Å². The molecule has 3 aromatic rings. The Morgan fingerprint density at radius 2 is 1.38 bits per heavy atom. The number of hydrogen-bond acceptors (Lipinski definition) is 3. The molecule has 0 fully saturated rings. The summed E-state index contributed by atoms with van der Waals surface area (Å²) in [7, 11) is 1.66. The fraction of sp³-hybridized carbons (Fsp3) is 0.217. The average Bonchev–Trinajstić information content (AvgIpc) is 2.67. The molecule has 0 saturated heterocycles. The van der Waals surface area contributed by atoms with Crippen molar-refractivity contribution in [2.75, 3.05) is 7.11 Å². The zero-order valence-corrected chi connectivity index (χ0v) is 15.4. The Balaban J connectivity index is 1.62. The Kier molecular flexibility index (Phi) is 5.80. The van der Waals surface area contributed by atoms with Crippen LogP contribution in [0.25, 0.3) is 0 Å². The standard InChI is InChI=1S/C23H24O3/c1-17(2)19-9-13-21(14-10-19)26-23-6-4-5-22(15-23)25-16-18-7-11-20(24-3)12-8-18/h4-15,17H,16H2,1-3H3. The highest BCUT2D eigenvalue weighted by molar-refractivity contribution is 5.38. The molecule has 0 aliphatic rings. The second kappa shape index (κ2) is 8.43. The van der Waals surface area contributed by atoms with E-state index in [1.807, 2.05) is 60.7 Å². The monoisotopic (exact) mass is 348 g/mol. The van der Waals surface area contributed by atoms with Crippen LogP contribution in [0.4, 0.5) is 0 Å². The topological polar surface area (TPSA) is 27.7 Å². The Bertz CT molecular complexity index is 821. The fourth-order valence-electron chi connectivity index (χ4n) is 2.57. The first-order valence-corrected chi connectivity index (χ1v) is 8.77. The van der Waals surface area contributed by atoms with Gasteiger partial charge in [-0.1, -0.05) is 44.2 Å². The molecule has 0 bridgehead atoms. The third-order valence-electron chi connectivity index (χ3n) is 4.15. The van der Waals surface area contributed by atoms with Crippen LogP contribution >= 0.6 is 0 Å². The number of benzene rings is 3. The Hall–Kier alpha value is -2.94. The molecule has 134 valence electrons. The Morgan fingerprint density at radius 1 is 0.731 bits per heavy atom. The molecule has 3 nitrogen and oxygen atoms in total. The van der Waals surface area contributed by atoms with Gasteiger partial charge in [0, 0.05) is 6.07 Å². The van der Waals surface area contributed by atoms with Gasteiger partial charge in [-0.2, -0.15) is 0 Å². The molecule has 0 aromatic heterocycles. The lowest BCUT2D eigenvalue weighted by Crippen LogP contribution is -1.96. The molecule has 0 aliphatic carbocycles. The molecule has 0 radical (unpaired) electrons. The Morgan fingerprint density at radius 3 is 2.04 bits per heavy atom. The lowest BCUT2D eigenvalue weighted by molar-refractivity contribution is 0.304. The van der Waals surface area contributed by atoms with Crippen molar-refractivity contribution in [2.45, 2.75) is 26.4 Å². The smallest absolute Gasteiger partial charge is 0.131 e. The minimum Gasteiger partial charge on any atom is -0.497 e. The molecule has 3 aromatic carbocycles. The lowest BCUT2D eigenvalue weighted by Gasteiger charge is -2.11. The van der Waals surface area contributed by atoms with Crippen LogP contribution in [0, 0.1) is 0 Å². The summed E-state index contributed by atoms with van der Waals surface area (Å²) >= 11 is 0. The molecule has 0 saturated carbocycles. The highest BCUT2D eigenvalue weighted by Crippen LogP contribution is 2.27. The predicted octanol–water partition coefficient (Wildman–Crippen LogP) is 6.19. The quantitative estimate of drug-likeness (QED) is 0.509. The van der Waals surface area contributed by atoms with Crippen molar-refractivity contribution >= 4 is 0 Å².